The van der Waals surface area contributed by atoms with Crippen LogP contribution in [0.2, 0.25) is 0 Å². The summed E-state index contributed by atoms with van der Waals surface area (Å²) in [6.07, 6.45) is 6.35. The van der Waals surface area contributed by atoms with Crippen molar-refractivity contribution < 1.29 is 14.4 Å². The standard InChI is InChI=1S/C15H21N3O3/c19-13(7-18-14(20)6-16-15(18)21)17-12-5-8-4-11(12)10-3-1-2-9(8)10/h8-12H,1-7H2,(H,16,21)(H,17,19)/t8-,9-,10-,11+,12-/m1/s1. The van der Waals surface area contributed by atoms with Crippen molar-refractivity contribution in [1.29, 1.82) is 0 Å². The van der Waals surface area contributed by atoms with Crippen molar-refractivity contribution >= 4 is 17.8 Å². The van der Waals surface area contributed by atoms with E-state index in [1.807, 2.05) is 0 Å². The first-order chi connectivity index (χ1) is 10.1. The number of hydrogen-bond acceptors (Lipinski definition) is 3. The molecule has 0 spiro atoms. The fourth-order valence-corrected chi connectivity index (χ4v) is 5.25. The summed E-state index contributed by atoms with van der Waals surface area (Å²) in [5.41, 5.74) is 0. The molecule has 1 aliphatic heterocycles. The number of carbonyl (C=O) groups excluding carboxylic acids is 3. The van der Waals surface area contributed by atoms with Crippen LogP contribution in [0.5, 0.6) is 0 Å². The lowest BCUT2D eigenvalue weighted by molar-refractivity contribution is -0.131. The molecule has 0 aromatic carbocycles. The van der Waals surface area contributed by atoms with Crippen LogP contribution in [-0.2, 0) is 9.59 Å². The van der Waals surface area contributed by atoms with Crippen LogP contribution >= 0.6 is 0 Å². The summed E-state index contributed by atoms with van der Waals surface area (Å²) in [6.45, 7) is -0.142. The highest BCUT2D eigenvalue weighted by Gasteiger charge is 2.54. The maximum absolute atomic E-state index is 12.1. The maximum Gasteiger partial charge on any atom is 0.325 e. The van der Waals surface area contributed by atoms with E-state index in [4.69, 9.17) is 0 Å². The molecule has 2 N–H and O–H groups in total. The largest absolute Gasteiger partial charge is 0.352 e. The lowest BCUT2D eigenvalue weighted by atomic mass is 9.79. The first kappa shape index (κ1) is 13.1. The van der Waals surface area contributed by atoms with E-state index < -0.39 is 6.03 Å². The molecule has 5 atom stereocenters. The van der Waals surface area contributed by atoms with E-state index in [9.17, 15) is 14.4 Å². The molecule has 21 heavy (non-hydrogen) atoms. The van der Waals surface area contributed by atoms with Crippen molar-refractivity contribution in [2.24, 2.45) is 23.7 Å². The van der Waals surface area contributed by atoms with Gasteiger partial charge in [0.25, 0.3) is 5.91 Å². The van der Waals surface area contributed by atoms with Gasteiger partial charge in [-0.1, -0.05) is 6.42 Å². The number of urea groups is 1. The molecule has 4 fully saturated rings. The highest BCUT2D eigenvalue weighted by Crippen LogP contribution is 2.58. The van der Waals surface area contributed by atoms with E-state index in [1.165, 1.54) is 25.7 Å². The third-order valence-electron chi connectivity index (χ3n) is 6.01. The van der Waals surface area contributed by atoms with Crippen molar-refractivity contribution in [1.82, 2.24) is 15.5 Å². The number of hydrogen-bond donors (Lipinski definition) is 2. The van der Waals surface area contributed by atoms with E-state index in [-0.39, 0.29) is 30.9 Å². The second kappa shape index (κ2) is 4.71. The summed E-state index contributed by atoms with van der Waals surface area (Å²) in [5.74, 6) is 2.57. The first-order valence-corrected chi connectivity index (χ1v) is 8.01. The van der Waals surface area contributed by atoms with E-state index in [0.29, 0.717) is 5.92 Å². The van der Waals surface area contributed by atoms with Crippen LogP contribution in [0.3, 0.4) is 0 Å². The summed E-state index contributed by atoms with van der Waals surface area (Å²) in [7, 11) is 0. The Labute approximate surface area is 123 Å². The minimum absolute atomic E-state index is 0.00396. The molecule has 3 aliphatic carbocycles. The second-order valence-corrected chi connectivity index (χ2v) is 6.97. The number of nitrogens with zero attached hydrogens (tertiary/aromatic N) is 1. The summed E-state index contributed by atoms with van der Waals surface area (Å²) < 4.78 is 0. The number of rotatable bonds is 3. The molecule has 0 unspecified atom stereocenters. The Morgan fingerprint density at radius 1 is 1.19 bits per heavy atom. The van der Waals surface area contributed by atoms with Gasteiger partial charge in [0.2, 0.25) is 5.91 Å². The Balaban J connectivity index is 1.36. The third-order valence-corrected chi connectivity index (χ3v) is 6.01. The topological polar surface area (TPSA) is 78.5 Å². The van der Waals surface area contributed by atoms with E-state index in [1.54, 1.807) is 0 Å². The van der Waals surface area contributed by atoms with Gasteiger partial charge in [0.15, 0.2) is 0 Å². The van der Waals surface area contributed by atoms with Crippen molar-refractivity contribution in [2.45, 2.75) is 38.1 Å². The van der Waals surface area contributed by atoms with Gasteiger partial charge in [0.1, 0.15) is 6.54 Å². The Morgan fingerprint density at radius 3 is 2.76 bits per heavy atom. The molecular formula is C15H21N3O3. The van der Waals surface area contributed by atoms with Crippen LogP contribution < -0.4 is 10.6 Å². The minimum atomic E-state index is -0.459. The van der Waals surface area contributed by atoms with Crippen LogP contribution in [0.25, 0.3) is 0 Å². The molecule has 2 bridgehead atoms. The summed E-state index contributed by atoms with van der Waals surface area (Å²) in [4.78, 5) is 36.1. The van der Waals surface area contributed by atoms with Gasteiger partial charge in [-0.25, -0.2) is 4.79 Å². The molecule has 3 saturated carbocycles. The molecule has 4 amide bonds. The highest BCUT2D eigenvalue weighted by molar-refractivity contribution is 6.04. The number of imide groups is 1. The predicted octanol–water partition coefficient (Wildman–Crippen LogP) is 0.479. The molecule has 114 valence electrons. The second-order valence-electron chi connectivity index (χ2n) is 6.97. The van der Waals surface area contributed by atoms with Gasteiger partial charge in [0, 0.05) is 6.04 Å². The van der Waals surface area contributed by atoms with Gasteiger partial charge < -0.3 is 10.6 Å². The molecule has 4 aliphatic rings. The zero-order valence-corrected chi connectivity index (χ0v) is 12.0. The Morgan fingerprint density at radius 2 is 2.00 bits per heavy atom. The van der Waals surface area contributed by atoms with Crippen molar-refractivity contribution in [3.8, 4) is 0 Å². The highest BCUT2D eigenvalue weighted by atomic mass is 16.2. The molecule has 4 rings (SSSR count). The molecule has 6 nitrogen and oxygen atoms in total. The summed E-state index contributed by atoms with van der Waals surface area (Å²) >= 11 is 0. The number of nitrogens with one attached hydrogen (secondary N) is 2. The van der Waals surface area contributed by atoms with E-state index in [0.717, 1.165) is 29.1 Å². The van der Waals surface area contributed by atoms with Crippen LogP contribution in [0.15, 0.2) is 0 Å². The number of amides is 4. The van der Waals surface area contributed by atoms with Gasteiger partial charge in [-0.05, 0) is 49.4 Å². The van der Waals surface area contributed by atoms with Gasteiger partial charge in [0.05, 0.1) is 6.54 Å². The van der Waals surface area contributed by atoms with Crippen LogP contribution in [0.4, 0.5) is 4.79 Å². The first-order valence-electron chi connectivity index (χ1n) is 8.01. The molecule has 0 radical (unpaired) electrons. The molecular weight excluding hydrogens is 270 g/mol. The fraction of sp³-hybridized carbons (Fsp3) is 0.800. The van der Waals surface area contributed by atoms with Gasteiger partial charge in [-0.3, -0.25) is 14.5 Å². The van der Waals surface area contributed by atoms with E-state index >= 15 is 0 Å². The van der Waals surface area contributed by atoms with Crippen LogP contribution in [0, 0.1) is 23.7 Å². The maximum atomic E-state index is 12.1. The Kier molecular flexibility index (Phi) is 2.94. The van der Waals surface area contributed by atoms with Crippen molar-refractivity contribution in [3.05, 3.63) is 0 Å². The SMILES string of the molecule is O=C(CN1C(=O)CNC1=O)N[C@@H]1C[C@H]2C[C@H]1[C@@H]1CCC[C@H]21. The molecule has 0 aromatic rings. The monoisotopic (exact) mass is 291 g/mol. The van der Waals surface area contributed by atoms with Gasteiger partial charge in [-0.2, -0.15) is 0 Å². The normalized spacial score (nSPS) is 40.6. The number of carbonyl (C=O) groups is 3. The lowest BCUT2D eigenvalue weighted by Gasteiger charge is -2.32. The Hall–Kier alpha value is -1.59. The molecule has 1 heterocycles. The van der Waals surface area contributed by atoms with Crippen LogP contribution in [0.1, 0.15) is 32.1 Å². The van der Waals surface area contributed by atoms with E-state index in [2.05, 4.69) is 10.6 Å². The zero-order valence-electron chi connectivity index (χ0n) is 12.0. The predicted molar refractivity (Wildman–Crippen MR) is 74.1 cm³/mol. The van der Waals surface area contributed by atoms with Gasteiger partial charge in [-0.15, -0.1) is 0 Å². The lowest BCUT2D eigenvalue weighted by Crippen LogP contribution is -2.47. The Bertz CT molecular complexity index is 490. The minimum Gasteiger partial charge on any atom is -0.352 e. The fourth-order valence-electron chi connectivity index (χ4n) is 5.25. The van der Waals surface area contributed by atoms with Crippen LogP contribution in [-0.4, -0.2) is 41.9 Å². The smallest absolute Gasteiger partial charge is 0.325 e. The van der Waals surface area contributed by atoms with Crippen molar-refractivity contribution in [3.63, 3.8) is 0 Å². The summed E-state index contributed by atoms with van der Waals surface area (Å²) in [6, 6.07) is -0.207. The van der Waals surface area contributed by atoms with Gasteiger partial charge >= 0.3 is 6.03 Å². The van der Waals surface area contributed by atoms with Crippen molar-refractivity contribution in [2.75, 3.05) is 13.1 Å². The molecule has 1 saturated heterocycles. The number of fused-ring (bicyclic) bond motifs is 5. The molecule has 6 heteroatoms. The zero-order chi connectivity index (χ0) is 14.6. The average Bonchev–Trinajstić information content (AvgIpc) is 3.16. The third kappa shape index (κ3) is 2.03. The summed E-state index contributed by atoms with van der Waals surface area (Å²) in [5, 5.41) is 5.51. The average molecular weight is 291 g/mol. The molecule has 0 aromatic heterocycles. The quantitative estimate of drug-likeness (QED) is 0.742.